The van der Waals surface area contributed by atoms with Crippen molar-refractivity contribution in [2.45, 2.75) is 0 Å². The molecule has 4 nitrogen and oxygen atoms in total. The van der Waals surface area contributed by atoms with Crippen LogP contribution in [0.3, 0.4) is 0 Å². The highest BCUT2D eigenvalue weighted by atomic mass is 79.9. The Morgan fingerprint density at radius 3 is 2.50 bits per heavy atom. The van der Waals surface area contributed by atoms with Gasteiger partial charge in [0.1, 0.15) is 17.3 Å². The average Bonchev–Trinajstić information content (AvgIpc) is 2.50. The zero-order chi connectivity index (χ0) is 16.3. The Morgan fingerprint density at radius 1 is 1.18 bits per heavy atom. The van der Waals surface area contributed by atoms with Gasteiger partial charge in [0.25, 0.3) is 5.91 Å². The number of ether oxygens (including phenoxy) is 2. The summed E-state index contributed by atoms with van der Waals surface area (Å²) in [5.41, 5.74) is 0.529. The number of rotatable bonds is 4. The predicted octanol–water partition coefficient (Wildman–Crippen LogP) is 4.51. The molecule has 0 fully saturated rings. The molecule has 0 aliphatic heterocycles. The highest BCUT2D eigenvalue weighted by molar-refractivity contribution is 9.10. The van der Waals surface area contributed by atoms with Crippen LogP contribution >= 0.6 is 27.5 Å². The second-order valence-corrected chi connectivity index (χ2v) is 5.53. The summed E-state index contributed by atoms with van der Waals surface area (Å²) < 4.78 is 24.1. The standard InChI is InChI=1S/C15H12BrClFNO3/c1-21-13-7-12(14(22-2)6-11(13)17)19-15(20)9-5-8(18)3-4-10(9)16/h3-7H,1-2H3,(H,19,20). The molecule has 2 aromatic rings. The van der Waals surface area contributed by atoms with Gasteiger partial charge in [-0.05, 0) is 34.1 Å². The van der Waals surface area contributed by atoms with E-state index >= 15 is 0 Å². The normalized spacial score (nSPS) is 10.2. The molecule has 0 saturated carbocycles. The van der Waals surface area contributed by atoms with Crippen molar-refractivity contribution in [2.75, 3.05) is 19.5 Å². The second kappa shape index (κ2) is 6.98. The van der Waals surface area contributed by atoms with Crippen molar-refractivity contribution in [3.8, 4) is 11.5 Å². The van der Waals surface area contributed by atoms with Crippen molar-refractivity contribution in [3.63, 3.8) is 0 Å². The van der Waals surface area contributed by atoms with E-state index in [1.807, 2.05) is 0 Å². The molecule has 1 N–H and O–H groups in total. The quantitative estimate of drug-likeness (QED) is 0.838. The van der Waals surface area contributed by atoms with Gasteiger partial charge in [0.2, 0.25) is 0 Å². The van der Waals surface area contributed by atoms with Crippen molar-refractivity contribution in [1.29, 1.82) is 0 Å². The minimum absolute atomic E-state index is 0.163. The van der Waals surface area contributed by atoms with Gasteiger partial charge in [0.15, 0.2) is 0 Å². The summed E-state index contributed by atoms with van der Waals surface area (Å²) in [5.74, 6) is -0.245. The fraction of sp³-hybridized carbons (Fsp3) is 0.133. The Hall–Kier alpha value is -1.79. The van der Waals surface area contributed by atoms with E-state index in [2.05, 4.69) is 21.2 Å². The number of halogens is 3. The molecule has 2 aromatic carbocycles. The molecule has 0 aromatic heterocycles. The molecule has 0 radical (unpaired) electrons. The first-order valence-electron chi connectivity index (χ1n) is 6.14. The fourth-order valence-electron chi connectivity index (χ4n) is 1.82. The third kappa shape index (κ3) is 3.51. The monoisotopic (exact) mass is 387 g/mol. The molecule has 0 saturated heterocycles. The number of benzene rings is 2. The maximum Gasteiger partial charge on any atom is 0.257 e. The fourth-order valence-corrected chi connectivity index (χ4v) is 2.48. The first-order valence-corrected chi connectivity index (χ1v) is 7.31. The maximum absolute atomic E-state index is 13.3. The molecule has 22 heavy (non-hydrogen) atoms. The first-order chi connectivity index (χ1) is 10.5. The number of amides is 1. The van der Waals surface area contributed by atoms with E-state index in [4.69, 9.17) is 21.1 Å². The minimum atomic E-state index is -0.506. The predicted molar refractivity (Wildman–Crippen MR) is 86.6 cm³/mol. The number of methoxy groups -OCH3 is 2. The lowest BCUT2D eigenvalue weighted by molar-refractivity contribution is 0.102. The summed E-state index contributed by atoms with van der Waals surface area (Å²) in [4.78, 5) is 12.3. The lowest BCUT2D eigenvalue weighted by Gasteiger charge is -2.13. The molecule has 0 spiro atoms. The van der Waals surface area contributed by atoms with Crippen LogP contribution < -0.4 is 14.8 Å². The summed E-state index contributed by atoms with van der Waals surface area (Å²) in [6.45, 7) is 0. The second-order valence-electron chi connectivity index (χ2n) is 4.27. The zero-order valence-corrected chi connectivity index (χ0v) is 14.1. The summed E-state index contributed by atoms with van der Waals surface area (Å²) in [6.07, 6.45) is 0. The average molecular weight is 389 g/mol. The van der Waals surface area contributed by atoms with Gasteiger partial charge in [-0.1, -0.05) is 11.6 Å². The summed E-state index contributed by atoms with van der Waals surface area (Å²) in [6, 6.07) is 6.92. The molecule has 116 valence electrons. The smallest absolute Gasteiger partial charge is 0.257 e. The number of hydrogen-bond donors (Lipinski definition) is 1. The van der Waals surface area contributed by atoms with Crippen LogP contribution in [0.4, 0.5) is 10.1 Å². The highest BCUT2D eigenvalue weighted by Crippen LogP contribution is 2.36. The van der Waals surface area contributed by atoms with Crippen molar-refractivity contribution in [2.24, 2.45) is 0 Å². The van der Waals surface area contributed by atoms with Crippen LogP contribution in [-0.4, -0.2) is 20.1 Å². The van der Waals surface area contributed by atoms with Gasteiger partial charge in [-0.3, -0.25) is 4.79 Å². The van der Waals surface area contributed by atoms with Crippen molar-refractivity contribution >= 4 is 39.1 Å². The van der Waals surface area contributed by atoms with Gasteiger partial charge < -0.3 is 14.8 Å². The Kier molecular flexibility index (Phi) is 5.26. The third-order valence-electron chi connectivity index (χ3n) is 2.90. The highest BCUT2D eigenvalue weighted by Gasteiger charge is 2.16. The van der Waals surface area contributed by atoms with E-state index in [0.29, 0.717) is 26.7 Å². The Labute approximate surface area is 140 Å². The van der Waals surface area contributed by atoms with Crippen LogP contribution in [-0.2, 0) is 0 Å². The van der Waals surface area contributed by atoms with Crippen molar-refractivity contribution in [3.05, 3.63) is 51.2 Å². The summed E-state index contributed by atoms with van der Waals surface area (Å²) in [7, 11) is 2.91. The topological polar surface area (TPSA) is 47.6 Å². The van der Waals surface area contributed by atoms with Gasteiger partial charge in [-0.15, -0.1) is 0 Å². The van der Waals surface area contributed by atoms with E-state index in [1.165, 1.54) is 38.5 Å². The molecule has 0 heterocycles. The van der Waals surface area contributed by atoms with Gasteiger partial charge >= 0.3 is 0 Å². The Morgan fingerprint density at radius 2 is 1.86 bits per heavy atom. The number of nitrogens with one attached hydrogen (secondary N) is 1. The van der Waals surface area contributed by atoms with Crippen LogP contribution in [0.25, 0.3) is 0 Å². The lowest BCUT2D eigenvalue weighted by Crippen LogP contribution is -2.13. The third-order valence-corrected chi connectivity index (χ3v) is 3.88. The number of anilines is 1. The van der Waals surface area contributed by atoms with Gasteiger partial charge in [-0.25, -0.2) is 4.39 Å². The first kappa shape index (κ1) is 16.6. The van der Waals surface area contributed by atoms with Gasteiger partial charge in [0, 0.05) is 16.6 Å². The van der Waals surface area contributed by atoms with E-state index in [-0.39, 0.29) is 5.56 Å². The Balaban J connectivity index is 2.37. The van der Waals surface area contributed by atoms with E-state index in [0.717, 1.165) is 6.07 Å². The largest absolute Gasteiger partial charge is 0.495 e. The van der Waals surface area contributed by atoms with Crippen LogP contribution in [0.1, 0.15) is 10.4 Å². The molecular weight excluding hydrogens is 377 g/mol. The van der Waals surface area contributed by atoms with E-state index in [9.17, 15) is 9.18 Å². The number of carbonyl (C=O) groups is 1. The SMILES string of the molecule is COc1cc(NC(=O)c2cc(F)ccc2Br)c(OC)cc1Cl. The van der Waals surface area contributed by atoms with Crippen molar-refractivity contribution in [1.82, 2.24) is 0 Å². The molecule has 1 amide bonds. The molecule has 0 bridgehead atoms. The Bertz CT molecular complexity index is 724. The van der Waals surface area contributed by atoms with Crippen LogP contribution in [0.15, 0.2) is 34.8 Å². The molecular formula is C15H12BrClFNO3. The zero-order valence-electron chi connectivity index (χ0n) is 11.7. The molecule has 0 atom stereocenters. The molecule has 7 heteroatoms. The van der Waals surface area contributed by atoms with Crippen molar-refractivity contribution < 1.29 is 18.7 Å². The summed E-state index contributed by atoms with van der Waals surface area (Å²) in [5, 5.41) is 3.00. The van der Waals surface area contributed by atoms with Crippen LogP contribution in [0.5, 0.6) is 11.5 Å². The lowest BCUT2D eigenvalue weighted by atomic mass is 10.2. The maximum atomic E-state index is 13.3. The summed E-state index contributed by atoms with van der Waals surface area (Å²) >= 11 is 9.22. The molecule has 0 aliphatic carbocycles. The molecule has 0 unspecified atom stereocenters. The number of carbonyl (C=O) groups excluding carboxylic acids is 1. The molecule has 0 aliphatic rings. The van der Waals surface area contributed by atoms with Crippen LogP contribution in [0, 0.1) is 5.82 Å². The van der Waals surface area contributed by atoms with Crippen LogP contribution in [0.2, 0.25) is 5.02 Å². The van der Waals surface area contributed by atoms with Gasteiger partial charge in [-0.2, -0.15) is 0 Å². The minimum Gasteiger partial charge on any atom is -0.495 e. The van der Waals surface area contributed by atoms with E-state index in [1.54, 1.807) is 0 Å². The van der Waals surface area contributed by atoms with E-state index < -0.39 is 11.7 Å². The van der Waals surface area contributed by atoms with Gasteiger partial charge in [0.05, 0.1) is 30.5 Å². The number of hydrogen-bond acceptors (Lipinski definition) is 3. The molecule has 2 rings (SSSR count).